The Bertz CT molecular complexity index is 457. The van der Waals surface area contributed by atoms with E-state index in [2.05, 4.69) is 4.98 Å². The van der Waals surface area contributed by atoms with Gasteiger partial charge in [0.15, 0.2) is 11.4 Å². The van der Waals surface area contributed by atoms with E-state index in [-0.39, 0.29) is 0 Å². The molecule has 0 unspecified atom stereocenters. The van der Waals surface area contributed by atoms with Crippen LogP contribution in [0.1, 0.15) is 28.0 Å². The minimum atomic E-state index is -3.09. The maximum Gasteiger partial charge on any atom is 0.274 e. The Labute approximate surface area is 87.7 Å². The summed E-state index contributed by atoms with van der Waals surface area (Å²) in [5.74, 6) is -1.05. The Hall–Kier alpha value is -1.74. The van der Waals surface area contributed by atoms with Crippen LogP contribution in [0, 0.1) is 11.3 Å². The van der Waals surface area contributed by atoms with E-state index in [1.807, 2.05) is 0 Å². The van der Waals surface area contributed by atoms with Gasteiger partial charge in [-0.3, -0.25) is 4.79 Å². The Morgan fingerprint density at radius 2 is 2.27 bits per heavy atom. The van der Waals surface area contributed by atoms with E-state index in [9.17, 15) is 18.7 Å². The SMILES string of the molecule is N#Cc1cnc(C(=O)Cl)c(O)c1C(F)F. The second kappa shape index (κ2) is 4.19. The molecule has 0 saturated carbocycles. The van der Waals surface area contributed by atoms with Gasteiger partial charge in [-0.15, -0.1) is 0 Å². The molecule has 0 bridgehead atoms. The van der Waals surface area contributed by atoms with Gasteiger partial charge in [-0.2, -0.15) is 5.26 Å². The average Bonchev–Trinajstić information content (AvgIpc) is 2.15. The number of aromatic nitrogens is 1. The van der Waals surface area contributed by atoms with E-state index in [0.29, 0.717) is 0 Å². The molecule has 0 aromatic carbocycles. The zero-order valence-electron chi connectivity index (χ0n) is 7.04. The molecule has 7 heteroatoms. The monoisotopic (exact) mass is 232 g/mol. The lowest BCUT2D eigenvalue weighted by Gasteiger charge is -2.06. The minimum Gasteiger partial charge on any atom is -0.505 e. The molecule has 0 fully saturated rings. The van der Waals surface area contributed by atoms with Crippen LogP contribution in [-0.2, 0) is 0 Å². The van der Waals surface area contributed by atoms with Crippen molar-refractivity contribution < 1.29 is 18.7 Å². The fraction of sp³-hybridized carbons (Fsp3) is 0.125. The summed E-state index contributed by atoms with van der Waals surface area (Å²) in [5.41, 5.74) is -2.12. The molecule has 1 heterocycles. The van der Waals surface area contributed by atoms with Gasteiger partial charge in [-0.1, -0.05) is 0 Å². The van der Waals surface area contributed by atoms with Crippen LogP contribution in [0.15, 0.2) is 6.20 Å². The van der Waals surface area contributed by atoms with Crippen molar-refractivity contribution in [2.75, 3.05) is 0 Å². The van der Waals surface area contributed by atoms with E-state index in [0.717, 1.165) is 6.20 Å². The number of aromatic hydroxyl groups is 1. The van der Waals surface area contributed by atoms with Crippen molar-refractivity contribution in [1.82, 2.24) is 4.98 Å². The summed E-state index contributed by atoms with van der Waals surface area (Å²) < 4.78 is 24.9. The van der Waals surface area contributed by atoms with Crippen molar-refractivity contribution >= 4 is 16.8 Å². The van der Waals surface area contributed by atoms with Crippen LogP contribution in [0.3, 0.4) is 0 Å². The summed E-state index contributed by atoms with van der Waals surface area (Å²) in [5, 5.41) is 16.5. The largest absolute Gasteiger partial charge is 0.505 e. The average molecular weight is 233 g/mol. The highest BCUT2D eigenvalue weighted by Gasteiger charge is 2.24. The molecule has 4 nitrogen and oxygen atoms in total. The first-order valence-corrected chi connectivity index (χ1v) is 3.96. The molecular formula is C8H3ClF2N2O2. The first kappa shape index (κ1) is 11.3. The maximum absolute atomic E-state index is 12.4. The van der Waals surface area contributed by atoms with Crippen molar-refractivity contribution in [3.63, 3.8) is 0 Å². The first-order valence-electron chi connectivity index (χ1n) is 3.59. The van der Waals surface area contributed by atoms with Crippen molar-refractivity contribution in [2.45, 2.75) is 6.43 Å². The van der Waals surface area contributed by atoms with E-state index >= 15 is 0 Å². The van der Waals surface area contributed by atoms with E-state index in [4.69, 9.17) is 16.9 Å². The van der Waals surface area contributed by atoms with Crippen molar-refractivity contribution in [3.8, 4) is 11.8 Å². The molecule has 0 amide bonds. The summed E-state index contributed by atoms with van der Waals surface area (Å²) in [6.07, 6.45) is -2.32. The summed E-state index contributed by atoms with van der Waals surface area (Å²) in [6.45, 7) is 0. The standard InChI is InChI=1S/C8H3ClF2N2O2/c9-7(15)5-6(14)4(8(10)11)3(1-12)2-13-5/h2,8,14H. The van der Waals surface area contributed by atoms with Gasteiger partial charge in [0.2, 0.25) is 0 Å². The van der Waals surface area contributed by atoms with Gasteiger partial charge in [-0.05, 0) is 11.6 Å². The number of halogens is 3. The lowest BCUT2D eigenvalue weighted by atomic mass is 10.1. The van der Waals surface area contributed by atoms with Gasteiger partial charge >= 0.3 is 0 Å². The molecule has 78 valence electrons. The quantitative estimate of drug-likeness (QED) is 0.791. The highest BCUT2D eigenvalue weighted by Crippen LogP contribution is 2.33. The van der Waals surface area contributed by atoms with Gasteiger partial charge < -0.3 is 5.11 Å². The van der Waals surface area contributed by atoms with Gasteiger partial charge in [0.1, 0.15) is 6.07 Å². The predicted octanol–water partition coefficient (Wildman–Crippen LogP) is 1.98. The zero-order chi connectivity index (χ0) is 11.6. The number of hydrogen-bond donors (Lipinski definition) is 1. The third-order valence-corrected chi connectivity index (χ3v) is 1.80. The molecule has 0 aliphatic carbocycles. The fourth-order valence-corrected chi connectivity index (χ4v) is 1.11. The third kappa shape index (κ3) is 2.02. The Kier molecular flexibility index (Phi) is 3.17. The van der Waals surface area contributed by atoms with E-state index in [1.165, 1.54) is 6.07 Å². The van der Waals surface area contributed by atoms with Crippen LogP contribution in [0.2, 0.25) is 0 Å². The van der Waals surface area contributed by atoms with Crippen LogP contribution >= 0.6 is 11.6 Å². The maximum atomic E-state index is 12.4. The zero-order valence-corrected chi connectivity index (χ0v) is 7.79. The van der Waals surface area contributed by atoms with Crippen LogP contribution in [-0.4, -0.2) is 15.3 Å². The second-order valence-corrected chi connectivity index (χ2v) is 2.81. The van der Waals surface area contributed by atoms with Crippen LogP contribution in [0.25, 0.3) is 0 Å². The smallest absolute Gasteiger partial charge is 0.274 e. The number of nitrogens with zero attached hydrogens (tertiary/aromatic N) is 2. The molecular weight excluding hydrogens is 230 g/mol. The summed E-state index contributed by atoms with van der Waals surface area (Å²) >= 11 is 4.99. The number of nitriles is 1. The van der Waals surface area contributed by atoms with Gasteiger partial charge in [0.25, 0.3) is 11.7 Å². The topological polar surface area (TPSA) is 74.0 Å². The highest BCUT2D eigenvalue weighted by atomic mass is 35.5. The Morgan fingerprint density at radius 3 is 2.67 bits per heavy atom. The number of carbonyl (C=O) groups is 1. The van der Waals surface area contributed by atoms with Gasteiger partial charge in [0, 0.05) is 6.20 Å². The van der Waals surface area contributed by atoms with Gasteiger partial charge in [-0.25, -0.2) is 13.8 Å². The van der Waals surface area contributed by atoms with E-state index in [1.54, 1.807) is 0 Å². The fourth-order valence-electron chi connectivity index (χ4n) is 0.969. The van der Waals surface area contributed by atoms with Crippen LogP contribution < -0.4 is 0 Å². The van der Waals surface area contributed by atoms with Crippen LogP contribution in [0.5, 0.6) is 5.75 Å². The second-order valence-electron chi connectivity index (χ2n) is 2.47. The number of hydrogen-bond acceptors (Lipinski definition) is 4. The molecule has 0 saturated heterocycles. The third-order valence-electron chi connectivity index (χ3n) is 1.62. The lowest BCUT2D eigenvalue weighted by Crippen LogP contribution is -2.01. The summed E-state index contributed by atoms with van der Waals surface area (Å²) in [6, 6.07) is 1.43. The van der Waals surface area contributed by atoms with Crippen molar-refractivity contribution in [3.05, 3.63) is 23.0 Å². The molecule has 0 radical (unpaired) electrons. The molecule has 0 spiro atoms. The molecule has 1 aromatic heterocycles. The first-order chi connectivity index (χ1) is 6.99. The number of rotatable bonds is 2. The molecule has 0 aliphatic heterocycles. The molecule has 1 N–H and O–H groups in total. The predicted molar refractivity (Wildman–Crippen MR) is 45.8 cm³/mol. The normalized spacial score (nSPS) is 10.1. The molecule has 0 aliphatic rings. The Morgan fingerprint density at radius 1 is 1.67 bits per heavy atom. The Balaban J connectivity index is 3.51. The number of alkyl halides is 2. The minimum absolute atomic E-state index is 0.496. The van der Waals surface area contributed by atoms with Crippen molar-refractivity contribution in [2.24, 2.45) is 0 Å². The molecule has 15 heavy (non-hydrogen) atoms. The van der Waals surface area contributed by atoms with E-state index < -0.39 is 34.2 Å². The van der Waals surface area contributed by atoms with Crippen LogP contribution in [0.4, 0.5) is 8.78 Å². The molecule has 0 atom stereocenters. The summed E-state index contributed by atoms with van der Waals surface area (Å²) in [7, 11) is 0. The highest BCUT2D eigenvalue weighted by molar-refractivity contribution is 6.67. The molecule has 1 rings (SSSR count). The molecule has 1 aromatic rings. The summed E-state index contributed by atoms with van der Waals surface area (Å²) in [4.78, 5) is 14.0. The number of pyridine rings is 1. The van der Waals surface area contributed by atoms with Gasteiger partial charge in [0.05, 0.1) is 11.1 Å². The van der Waals surface area contributed by atoms with Crippen molar-refractivity contribution in [1.29, 1.82) is 5.26 Å². The number of carbonyl (C=O) groups excluding carboxylic acids is 1. The lowest BCUT2D eigenvalue weighted by molar-refractivity contribution is 0.107.